The highest BCUT2D eigenvalue weighted by atomic mass is 32.1. The molecule has 0 unspecified atom stereocenters. The monoisotopic (exact) mass is 372 g/mol. The van der Waals surface area contributed by atoms with Crippen LogP contribution in [0.3, 0.4) is 0 Å². The highest BCUT2D eigenvalue weighted by molar-refractivity contribution is 7.13. The number of rotatable bonds is 7. The molecule has 1 aromatic heterocycles. The second-order valence-corrected chi connectivity index (χ2v) is 7.37. The fraction of sp³-hybridized carbons (Fsp3) is 0.474. The second-order valence-electron chi connectivity index (χ2n) is 6.49. The van der Waals surface area contributed by atoms with Gasteiger partial charge in [-0.15, -0.1) is 11.3 Å². The molecule has 1 fully saturated rings. The molecule has 0 saturated carbocycles. The largest absolute Gasteiger partial charge is 0.375 e. The Labute approximate surface area is 160 Å². The van der Waals surface area contributed by atoms with Crippen LogP contribution in [0.1, 0.15) is 12.8 Å². The number of piperazine rings is 1. The quantitative estimate of drug-likeness (QED) is 0.460. The maximum Gasteiger partial charge on any atom is 0.191 e. The van der Waals surface area contributed by atoms with E-state index >= 15 is 0 Å². The number of hydrogen-bond donors (Lipinski definition) is 1. The highest BCUT2D eigenvalue weighted by Crippen LogP contribution is 2.18. The summed E-state index contributed by atoms with van der Waals surface area (Å²) in [4.78, 5) is 15.7. The van der Waals surface area contributed by atoms with Crippen LogP contribution >= 0.6 is 11.3 Å². The average molecular weight is 373 g/mol. The fourth-order valence-electron chi connectivity index (χ4n) is 3.06. The Morgan fingerprint density at radius 3 is 2.65 bits per heavy atom. The van der Waals surface area contributed by atoms with Gasteiger partial charge < -0.3 is 20.4 Å². The number of benzene rings is 1. The summed E-state index contributed by atoms with van der Waals surface area (Å²) in [6, 6.07) is 10.5. The Morgan fingerprint density at radius 1 is 1.19 bits per heavy atom. The van der Waals surface area contributed by atoms with Gasteiger partial charge in [0, 0.05) is 63.6 Å². The summed E-state index contributed by atoms with van der Waals surface area (Å²) in [6.07, 6.45) is 4.02. The molecule has 26 heavy (non-hydrogen) atoms. The van der Waals surface area contributed by atoms with Crippen LogP contribution in [0.2, 0.25) is 0 Å². The molecule has 1 aromatic carbocycles. The van der Waals surface area contributed by atoms with E-state index in [1.54, 1.807) is 11.3 Å². The van der Waals surface area contributed by atoms with Gasteiger partial charge in [-0.3, -0.25) is 4.99 Å². The zero-order valence-electron chi connectivity index (χ0n) is 15.4. The minimum Gasteiger partial charge on any atom is -0.375 e. The molecule has 0 amide bonds. The summed E-state index contributed by atoms with van der Waals surface area (Å²) in [7, 11) is 2.13. The minimum atomic E-state index is 0.681. The van der Waals surface area contributed by atoms with Crippen molar-refractivity contribution in [1.29, 1.82) is 0 Å². The van der Waals surface area contributed by atoms with Crippen molar-refractivity contribution in [1.82, 2.24) is 9.88 Å². The van der Waals surface area contributed by atoms with Gasteiger partial charge >= 0.3 is 0 Å². The van der Waals surface area contributed by atoms with E-state index in [-0.39, 0.29) is 0 Å². The van der Waals surface area contributed by atoms with E-state index in [0.29, 0.717) is 5.96 Å². The topological polar surface area (TPSA) is 61.0 Å². The zero-order chi connectivity index (χ0) is 18.2. The van der Waals surface area contributed by atoms with Crippen molar-refractivity contribution < 1.29 is 0 Å². The van der Waals surface area contributed by atoms with E-state index in [2.05, 4.69) is 56.0 Å². The van der Waals surface area contributed by atoms with Crippen molar-refractivity contribution in [2.24, 2.45) is 10.7 Å². The number of thiazole rings is 1. The Kier molecular flexibility index (Phi) is 6.71. The van der Waals surface area contributed by atoms with Crippen LogP contribution in [0.25, 0.3) is 0 Å². The van der Waals surface area contributed by atoms with Crippen molar-refractivity contribution >= 4 is 28.1 Å². The lowest BCUT2D eigenvalue weighted by atomic mass is 10.2. The van der Waals surface area contributed by atoms with Crippen LogP contribution < -0.4 is 15.5 Å². The summed E-state index contributed by atoms with van der Waals surface area (Å²) in [5.41, 5.74) is 7.44. The van der Waals surface area contributed by atoms with Crippen molar-refractivity contribution in [2.45, 2.75) is 12.8 Å². The van der Waals surface area contributed by atoms with E-state index in [1.807, 2.05) is 17.6 Å². The van der Waals surface area contributed by atoms with Crippen molar-refractivity contribution in [3.05, 3.63) is 41.9 Å². The molecule has 1 saturated heterocycles. The van der Waals surface area contributed by atoms with E-state index in [0.717, 1.165) is 57.2 Å². The van der Waals surface area contributed by atoms with Crippen molar-refractivity contribution in [3.63, 3.8) is 0 Å². The Morgan fingerprint density at radius 2 is 1.96 bits per heavy atom. The van der Waals surface area contributed by atoms with Crippen LogP contribution in [0, 0.1) is 0 Å². The highest BCUT2D eigenvalue weighted by Gasteiger charge is 2.19. The first-order chi connectivity index (χ1) is 12.7. The Balaban J connectivity index is 1.34. The number of para-hydroxylation sites is 1. The lowest BCUT2D eigenvalue weighted by Gasteiger charge is -2.35. The average Bonchev–Trinajstić information content (AvgIpc) is 3.23. The van der Waals surface area contributed by atoms with E-state index in [9.17, 15) is 0 Å². The third-order valence-corrected chi connectivity index (χ3v) is 5.50. The van der Waals surface area contributed by atoms with Gasteiger partial charge in [-0.1, -0.05) is 18.2 Å². The molecule has 6 nitrogen and oxygen atoms in total. The first-order valence-electron chi connectivity index (χ1n) is 9.19. The summed E-state index contributed by atoms with van der Waals surface area (Å²) in [5, 5.41) is 3.12. The molecule has 2 N–H and O–H groups in total. The lowest BCUT2D eigenvalue weighted by Crippen LogP contribution is -2.51. The van der Waals surface area contributed by atoms with Crippen LogP contribution in [0.5, 0.6) is 0 Å². The number of nitrogens with two attached hydrogens (primary N) is 1. The molecule has 1 aliphatic heterocycles. The molecule has 0 atom stereocenters. The van der Waals surface area contributed by atoms with Gasteiger partial charge in [0.1, 0.15) is 0 Å². The van der Waals surface area contributed by atoms with Crippen molar-refractivity contribution in [2.75, 3.05) is 56.1 Å². The van der Waals surface area contributed by atoms with Crippen LogP contribution in [-0.4, -0.2) is 62.2 Å². The zero-order valence-corrected chi connectivity index (χ0v) is 16.2. The molecule has 7 heteroatoms. The van der Waals surface area contributed by atoms with E-state index in [1.165, 1.54) is 5.69 Å². The predicted octanol–water partition coefficient (Wildman–Crippen LogP) is 2.50. The normalized spacial score (nSPS) is 15.3. The number of hydrogen-bond acceptors (Lipinski definition) is 5. The van der Waals surface area contributed by atoms with E-state index < -0.39 is 0 Å². The number of aliphatic imine (C=N–C) groups is 1. The number of guanidine groups is 1. The standard InChI is InChI=1S/C19H28N6S/c1-23(17-7-3-2-4-8-17)11-6-5-9-21-18(20)24-12-14-25(15-13-24)19-22-10-16-26-19/h2-4,7-8,10,16H,5-6,9,11-15H2,1H3,(H2,20,21). The van der Waals surface area contributed by atoms with Gasteiger partial charge in [0.25, 0.3) is 0 Å². The van der Waals surface area contributed by atoms with Crippen LogP contribution in [-0.2, 0) is 0 Å². The molecule has 0 bridgehead atoms. The fourth-order valence-corrected chi connectivity index (χ4v) is 3.76. The van der Waals surface area contributed by atoms with Crippen LogP contribution in [0.4, 0.5) is 10.8 Å². The third-order valence-electron chi connectivity index (χ3n) is 4.67. The van der Waals surface area contributed by atoms with Gasteiger partial charge in [-0.2, -0.15) is 0 Å². The van der Waals surface area contributed by atoms with Gasteiger partial charge in [-0.25, -0.2) is 4.98 Å². The van der Waals surface area contributed by atoms with Gasteiger partial charge in [0.05, 0.1) is 0 Å². The molecule has 2 aromatic rings. The molecule has 2 heterocycles. The molecule has 0 spiro atoms. The number of aromatic nitrogens is 1. The maximum absolute atomic E-state index is 6.18. The predicted molar refractivity (Wildman–Crippen MR) is 111 cm³/mol. The third kappa shape index (κ3) is 5.11. The van der Waals surface area contributed by atoms with Crippen molar-refractivity contribution in [3.8, 4) is 0 Å². The van der Waals surface area contributed by atoms with Gasteiger partial charge in [-0.05, 0) is 25.0 Å². The number of anilines is 2. The van der Waals surface area contributed by atoms with E-state index in [4.69, 9.17) is 5.73 Å². The second kappa shape index (κ2) is 9.43. The SMILES string of the molecule is CN(CCCCN=C(N)N1CCN(c2nccs2)CC1)c1ccccc1. The minimum absolute atomic E-state index is 0.681. The smallest absolute Gasteiger partial charge is 0.191 e. The van der Waals surface area contributed by atoms with Crippen LogP contribution in [0.15, 0.2) is 46.9 Å². The van der Waals surface area contributed by atoms with Gasteiger partial charge in [0.15, 0.2) is 11.1 Å². The summed E-state index contributed by atoms with van der Waals surface area (Å²) >= 11 is 1.69. The molecule has 0 radical (unpaired) electrons. The molecular formula is C19H28N6S. The molecular weight excluding hydrogens is 344 g/mol. The molecule has 3 rings (SSSR count). The summed E-state index contributed by atoms with van der Waals surface area (Å²) in [6.45, 7) is 5.54. The number of unbranched alkanes of at least 4 members (excludes halogenated alkanes) is 1. The first-order valence-corrected chi connectivity index (χ1v) is 10.1. The Hall–Kier alpha value is -2.28. The molecule has 1 aliphatic rings. The molecule has 140 valence electrons. The lowest BCUT2D eigenvalue weighted by molar-refractivity contribution is 0.380. The summed E-state index contributed by atoms with van der Waals surface area (Å²) < 4.78 is 0. The first kappa shape index (κ1) is 18.5. The number of nitrogens with zero attached hydrogens (tertiary/aromatic N) is 5. The summed E-state index contributed by atoms with van der Waals surface area (Å²) in [5.74, 6) is 0.681. The van der Waals surface area contributed by atoms with Gasteiger partial charge in [0.2, 0.25) is 0 Å². The molecule has 0 aliphatic carbocycles. The Bertz CT molecular complexity index is 665. The maximum atomic E-state index is 6.18.